The molecule has 0 aromatic heterocycles. The number of amides is 3. The molecule has 11 nitrogen and oxygen atoms in total. The van der Waals surface area contributed by atoms with Crippen LogP contribution in [-0.4, -0.2) is 95.6 Å². The highest BCUT2D eigenvalue weighted by Crippen LogP contribution is 2.25. The molecule has 0 bridgehead atoms. The Kier molecular flexibility index (Phi) is 9.92. The largest absolute Gasteiger partial charge is 0.445 e. The van der Waals surface area contributed by atoms with Crippen LogP contribution in [0.1, 0.15) is 18.9 Å². The molecule has 2 heterocycles. The van der Waals surface area contributed by atoms with Gasteiger partial charge in [-0.05, 0) is 38.2 Å². The van der Waals surface area contributed by atoms with Gasteiger partial charge in [-0.1, -0.05) is 0 Å². The number of likely N-dealkylation sites (tertiary alicyclic amines) is 1. The number of nitro groups is 1. The third-order valence-corrected chi connectivity index (χ3v) is 5.72. The predicted molar refractivity (Wildman–Crippen MR) is 125 cm³/mol. The number of hydrogen-bond acceptors (Lipinski definition) is 8. The fourth-order valence-corrected chi connectivity index (χ4v) is 4.02. The third kappa shape index (κ3) is 7.32. The number of hydrogen-bond donors (Lipinski definition) is 2. The van der Waals surface area contributed by atoms with Crippen molar-refractivity contribution in [2.45, 2.75) is 31.2 Å². The highest BCUT2D eigenvalue weighted by atomic mass is 32.1. The molecule has 0 aliphatic carbocycles. The molecule has 1 N–H and O–H groups in total. The van der Waals surface area contributed by atoms with Crippen molar-refractivity contribution in [1.29, 1.82) is 0 Å². The second kappa shape index (κ2) is 12.4. The molecule has 0 spiro atoms. The molecular weight excluding hydrogens is 450 g/mol. The first-order valence-electron chi connectivity index (χ1n) is 10.7. The van der Waals surface area contributed by atoms with Crippen molar-refractivity contribution < 1.29 is 24.0 Å². The Labute approximate surface area is 198 Å². The second-order valence-electron chi connectivity index (χ2n) is 7.87. The average molecular weight is 482 g/mol. The molecule has 2 fully saturated rings. The zero-order valence-corrected chi connectivity index (χ0v) is 20.0. The van der Waals surface area contributed by atoms with Crippen LogP contribution in [0.25, 0.3) is 0 Å². The van der Waals surface area contributed by atoms with Crippen LogP contribution in [0, 0.1) is 10.1 Å². The van der Waals surface area contributed by atoms with E-state index < -0.39 is 17.1 Å². The summed E-state index contributed by atoms with van der Waals surface area (Å²) in [4.78, 5) is 52.0. The van der Waals surface area contributed by atoms with E-state index in [4.69, 9.17) is 4.74 Å². The molecule has 2 saturated heterocycles. The van der Waals surface area contributed by atoms with Crippen LogP contribution in [0.4, 0.5) is 10.5 Å². The minimum atomic E-state index is -0.652. The Hall–Kier alpha value is -2.86. The molecule has 1 aromatic rings. The van der Waals surface area contributed by atoms with E-state index in [1.807, 2.05) is 14.1 Å². The molecule has 0 radical (unpaired) electrons. The van der Waals surface area contributed by atoms with Crippen LogP contribution in [0.15, 0.2) is 24.3 Å². The molecule has 1 aromatic carbocycles. The number of ether oxygens (including phenoxy) is 1. The molecular formula is C21H31N5O6S. The van der Waals surface area contributed by atoms with E-state index in [2.05, 4.69) is 17.9 Å². The highest BCUT2D eigenvalue weighted by Gasteiger charge is 2.41. The maximum absolute atomic E-state index is 13.0. The molecule has 2 aliphatic rings. The van der Waals surface area contributed by atoms with Gasteiger partial charge in [-0.15, -0.1) is 0 Å². The van der Waals surface area contributed by atoms with Gasteiger partial charge in [0, 0.05) is 57.0 Å². The van der Waals surface area contributed by atoms with Gasteiger partial charge in [-0.3, -0.25) is 24.6 Å². The molecule has 33 heavy (non-hydrogen) atoms. The fraction of sp³-hybridized carbons (Fsp3) is 0.571. The number of carbonyl (C=O) groups is 3. The second-order valence-corrected chi connectivity index (χ2v) is 8.60. The van der Waals surface area contributed by atoms with E-state index in [1.165, 1.54) is 36.1 Å². The number of nitro benzene ring substituents is 1. The van der Waals surface area contributed by atoms with Crippen LogP contribution < -0.4 is 5.32 Å². The monoisotopic (exact) mass is 481 g/mol. The number of benzene rings is 1. The Morgan fingerprint density at radius 3 is 2.18 bits per heavy atom. The lowest BCUT2D eigenvalue weighted by molar-refractivity contribution is -0.384. The average Bonchev–Trinajstić information content (AvgIpc) is 3.19. The molecule has 12 heteroatoms. The standard InChI is InChI=1S/C19H24N4O6S.C2H7N/c1-13(24)20-6-8-21(9-7-20)18(25)17-10-16(30)11-22(17)19(26)29-12-14-2-4-15(5-3-14)23(27)28;1-3-2/h2-5,16-17,30H,6-12H2,1H3;3H,1-2H3. The minimum Gasteiger partial charge on any atom is -0.445 e. The van der Waals surface area contributed by atoms with E-state index in [0.717, 1.165) is 0 Å². The van der Waals surface area contributed by atoms with Crippen molar-refractivity contribution in [3.8, 4) is 0 Å². The van der Waals surface area contributed by atoms with Crippen molar-refractivity contribution in [1.82, 2.24) is 20.0 Å². The summed E-state index contributed by atoms with van der Waals surface area (Å²) in [6, 6.07) is 5.08. The van der Waals surface area contributed by atoms with Crippen molar-refractivity contribution in [2.24, 2.45) is 0 Å². The molecule has 2 unspecified atom stereocenters. The van der Waals surface area contributed by atoms with Gasteiger partial charge in [0.2, 0.25) is 11.8 Å². The molecule has 3 amide bonds. The maximum atomic E-state index is 13.0. The first-order chi connectivity index (χ1) is 15.7. The van der Waals surface area contributed by atoms with Gasteiger partial charge < -0.3 is 19.9 Å². The molecule has 2 atom stereocenters. The first kappa shape index (κ1) is 26.4. The lowest BCUT2D eigenvalue weighted by atomic mass is 10.1. The van der Waals surface area contributed by atoms with Crippen molar-refractivity contribution >= 4 is 36.2 Å². The van der Waals surface area contributed by atoms with Gasteiger partial charge in [0.1, 0.15) is 12.6 Å². The molecule has 3 rings (SSSR count). The third-order valence-electron chi connectivity index (χ3n) is 5.34. The van der Waals surface area contributed by atoms with E-state index >= 15 is 0 Å². The minimum absolute atomic E-state index is 0.0187. The van der Waals surface area contributed by atoms with Crippen LogP contribution in [-0.2, 0) is 20.9 Å². The van der Waals surface area contributed by atoms with Crippen molar-refractivity contribution in [2.75, 3.05) is 46.8 Å². The summed E-state index contributed by atoms with van der Waals surface area (Å²) in [7, 11) is 3.75. The zero-order chi connectivity index (χ0) is 24.5. The summed E-state index contributed by atoms with van der Waals surface area (Å²) in [5, 5.41) is 13.3. The van der Waals surface area contributed by atoms with Crippen molar-refractivity contribution in [3.05, 3.63) is 39.9 Å². The number of nitrogens with one attached hydrogen (secondary N) is 1. The van der Waals surface area contributed by atoms with Crippen molar-refractivity contribution in [3.63, 3.8) is 0 Å². The van der Waals surface area contributed by atoms with Crippen LogP contribution in [0.3, 0.4) is 0 Å². The Bertz CT molecular complexity index is 844. The summed E-state index contributed by atoms with van der Waals surface area (Å²) in [5.41, 5.74) is 0.567. The smallest absolute Gasteiger partial charge is 0.410 e. The SMILES string of the molecule is CC(=O)N1CCN(C(=O)C2CC(S)CN2C(=O)OCc2ccc([N+](=O)[O-])cc2)CC1.CNC. The number of thiol groups is 1. The van der Waals surface area contributed by atoms with E-state index in [0.29, 0.717) is 44.7 Å². The van der Waals surface area contributed by atoms with E-state index in [9.17, 15) is 24.5 Å². The van der Waals surface area contributed by atoms with Crippen LogP contribution in [0.2, 0.25) is 0 Å². The topological polar surface area (TPSA) is 125 Å². The van der Waals surface area contributed by atoms with Crippen LogP contribution in [0.5, 0.6) is 0 Å². The van der Waals surface area contributed by atoms with Gasteiger partial charge in [0.05, 0.1) is 4.92 Å². The Morgan fingerprint density at radius 1 is 1.12 bits per heavy atom. The van der Waals surface area contributed by atoms with E-state index in [-0.39, 0.29) is 29.4 Å². The van der Waals surface area contributed by atoms with E-state index in [1.54, 1.807) is 9.80 Å². The molecule has 0 saturated carbocycles. The number of non-ortho nitro benzene ring substituents is 1. The summed E-state index contributed by atoms with van der Waals surface area (Å²) < 4.78 is 5.34. The number of rotatable bonds is 4. The highest BCUT2D eigenvalue weighted by molar-refractivity contribution is 7.81. The van der Waals surface area contributed by atoms with Gasteiger partial charge in [-0.2, -0.15) is 12.6 Å². The fourth-order valence-electron chi connectivity index (χ4n) is 3.64. The van der Waals surface area contributed by atoms with Gasteiger partial charge in [0.15, 0.2) is 0 Å². The number of carbonyl (C=O) groups excluding carboxylic acids is 3. The summed E-state index contributed by atoms with van der Waals surface area (Å²) in [5.74, 6) is -0.183. The summed E-state index contributed by atoms with van der Waals surface area (Å²) in [6.07, 6.45) is -0.188. The van der Waals surface area contributed by atoms with Gasteiger partial charge in [-0.25, -0.2) is 4.79 Å². The first-order valence-corrected chi connectivity index (χ1v) is 11.2. The number of nitrogens with zero attached hydrogens (tertiary/aromatic N) is 4. The Morgan fingerprint density at radius 2 is 1.67 bits per heavy atom. The lowest BCUT2D eigenvalue weighted by Gasteiger charge is -2.36. The number of piperazine rings is 1. The molecule has 182 valence electrons. The van der Waals surface area contributed by atoms with Gasteiger partial charge in [0.25, 0.3) is 5.69 Å². The predicted octanol–water partition coefficient (Wildman–Crippen LogP) is 1.13. The summed E-state index contributed by atoms with van der Waals surface area (Å²) >= 11 is 4.44. The molecule has 2 aliphatic heterocycles. The normalized spacial score (nSPS) is 20.1. The van der Waals surface area contributed by atoms with Crippen LogP contribution >= 0.6 is 12.6 Å². The Balaban J connectivity index is 0.00000122. The summed E-state index contributed by atoms with van der Waals surface area (Å²) in [6.45, 7) is 3.55. The quantitative estimate of drug-likeness (QED) is 0.375. The zero-order valence-electron chi connectivity index (χ0n) is 19.1. The lowest BCUT2D eigenvalue weighted by Crippen LogP contribution is -2.55. The van der Waals surface area contributed by atoms with Gasteiger partial charge >= 0.3 is 6.09 Å². The maximum Gasteiger partial charge on any atom is 0.410 e.